The Bertz CT molecular complexity index is 356. The molecule has 12 N–H and O–H groups in total. The van der Waals surface area contributed by atoms with Gasteiger partial charge in [0.25, 0.3) is 0 Å². The van der Waals surface area contributed by atoms with Gasteiger partial charge in [-0.25, -0.2) is 4.57 Å². The smallest absolute Gasteiger partial charge is 0.394 e. The number of rotatable bonds is 5. The molecular formula is C10H24NO12P. The summed E-state index contributed by atoms with van der Waals surface area (Å²) >= 11 is 0. The van der Waals surface area contributed by atoms with E-state index in [1.54, 1.807) is 0 Å². The minimum Gasteiger partial charge on any atom is -0.394 e. The highest BCUT2D eigenvalue weighted by Crippen LogP contribution is 2.36. The largest absolute Gasteiger partial charge is 0.469 e. The molecule has 0 amide bonds. The van der Waals surface area contributed by atoms with Crippen LogP contribution in [-0.2, 0) is 9.09 Å². The molecular weight excluding hydrogens is 357 g/mol. The molecule has 13 nitrogen and oxygen atoms in total. The van der Waals surface area contributed by atoms with Crippen molar-refractivity contribution >= 4 is 7.82 Å². The van der Waals surface area contributed by atoms with Gasteiger partial charge in [0.05, 0.1) is 25.4 Å². The number of phosphoric acid groups is 1. The van der Waals surface area contributed by atoms with Crippen LogP contribution < -0.4 is 5.73 Å². The van der Waals surface area contributed by atoms with E-state index in [1.165, 1.54) is 0 Å². The highest BCUT2D eigenvalue weighted by Gasteiger charge is 2.47. The van der Waals surface area contributed by atoms with Crippen molar-refractivity contribution < 1.29 is 59.7 Å². The quantitative estimate of drug-likeness (QED) is 0.198. The second-order valence-corrected chi connectivity index (χ2v) is 6.63. The number of aliphatic hydroxyl groups excluding tert-OH is 8. The van der Waals surface area contributed by atoms with Gasteiger partial charge < -0.3 is 56.4 Å². The number of aliphatic hydroxyl groups is 8. The van der Waals surface area contributed by atoms with Crippen molar-refractivity contribution in [3.63, 3.8) is 0 Å². The van der Waals surface area contributed by atoms with Crippen LogP contribution in [0.4, 0.5) is 0 Å². The van der Waals surface area contributed by atoms with Gasteiger partial charge >= 0.3 is 7.82 Å². The van der Waals surface area contributed by atoms with Gasteiger partial charge in [-0.15, -0.1) is 0 Å². The van der Waals surface area contributed by atoms with E-state index in [4.69, 9.17) is 56.4 Å². The molecule has 0 heterocycles. The first-order chi connectivity index (χ1) is 10.8. The minimum absolute atomic E-state index is 0.607. The Hall–Kier alpha value is -0.250. The molecule has 1 rings (SSSR count). The molecule has 0 radical (unpaired) electrons. The van der Waals surface area contributed by atoms with Crippen LogP contribution in [0, 0.1) is 0 Å². The lowest BCUT2D eigenvalue weighted by Gasteiger charge is -2.39. The summed E-state index contributed by atoms with van der Waals surface area (Å²) in [7, 11) is -4.59. The molecule has 1 fully saturated rings. The molecule has 0 aromatic heterocycles. The van der Waals surface area contributed by atoms with E-state index in [-0.39, 0.29) is 0 Å². The van der Waals surface area contributed by atoms with E-state index >= 15 is 0 Å². The number of hydrogen-bond acceptors (Lipinski definition) is 11. The van der Waals surface area contributed by atoms with Gasteiger partial charge in [-0.3, -0.25) is 4.52 Å². The van der Waals surface area contributed by atoms with Crippen molar-refractivity contribution in [1.82, 2.24) is 0 Å². The second kappa shape index (κ2) is 9.45. The van der Waals surface area contributed by atoms with Crippen molar-refractivity contribution in [3.05, 3.63) is 0 Å². The third kappa shape index (κ3) is 6.93. The highest BCUT2D eigenvalue weighted by atomic mass is 31.2. The molecule has 14 heteroatoms. The van der Waals surface area contributed by atoms with Crippen LogP contribution >= 0.6 is 7.82 Å². The van der Waals surface area contributed by atoms with Crippen molar-refractivity contribution in [3.8, 4) is 0 Å². The molecule has 0 bridgehead atoms. The summed E-state index contributed by atoms with van der Waals surface area (Å²) < 4.78 is 14.2. The van der Waals surface area contributed by atoms with Crippen molar-refractivity contribution in [2.24, 2.45) is 5.73 Å². The van der Waals surface area contributed by atoms with Gasteiger partial charge in [0.1, 0.15) is 36.6 Å². The normalized spacial score (nSPS) is 34.5. The molecule has 0 atom stereocenters. The minimum atomic E-state index is -4.59. The standard InChI is InChI=1S/C6H12O6.C4H12NO6P/c7-1-2(8)4(10)6(12)5(11)3(1)9;5-4(1-6,2-7)3-11-12(8,9)10/h1-12H;6-7H,1-3,5H2,(H2,8,9,10)/t1-,2-,3-,4+,5-,6-;. The van der Waals surface area contributed by atoms with Crippen molar-refractivity contribution in [1.29, 1.82) is 0 Å². The first-order valence-electron chi connectivity index (χ1n) is 6.58. The maximum atomic E-state index is 10.2. The van der Waals surface area contributed by atoms with Crippen molar-refractivity contribution in [2.75, 3.05) is 19.8 Å². The summed E-state index contributed by atoms with van der Waals surface area (Å²) in [4.78, 5) is 16.5. The molecule has 0 saturated heterocycles. The lowest BCUT2D eigenvalue weighted by Crippen LogP contribution is -2.63. The average molecular weight is 381 g/mol. The predicted molar refractivity (Wildman–Crippen MR) is 75.1 cm³/mol. The van der Waals surface area contributed by atoms with Gasteiger partial charge in [0.15, 0.2) is 0 Å². The topological polar surface area (TPSA) is 255 Å². The Morgan fingerprint density at radius 2 is 1.04 bits per heavy atom. The maximum Gasteiger partial charge on any atom is 0.469 e. The van der Waals surface area contributed by atoms with Gasteiger partial charge in [-0.2, -0.15) is 0 Å². The van der Waals surface area contributed by atoms with E-state index in [1.807, 2.05) is 0 Å². The van der Waals surface area contributed by atoms with Gasteiger partial charge in [-0.05, 0) is 0 Å². The summed E-state index contributed by atoms with van der Waals surface area (Å²) in [5.41, 5.74) is 3.72. The van der Waals surface area contributed by atoms with Crippen LogP contribution in [0.15, 0.2) is 0 Å². The fraction of sp³-hybridized carbons (Fsp3) is 1.00. The first kappa shape index (κ1) is 23.8. The summed E-state index contributed by atoms with van der Waals surface area (Å²) in [5, 5.41) is 71.0. The summed E-state index contributed by atoms with van der Waals surface area (Å²) in [6.45, 7) is -1.85. The molecule has 0 unspecified atom stereocenters. The van der Waals surface area contributed by atoms with E-state index in [9.17, 15) is 4.57 Å². The zero-order chi connectivity index (χ0) is 19.3. The lowest BCUT2D eigenvalue weighted by molar-refractivity contribution is -0.223. The van der Waals surface area contributed by atoms with Crippen LogP contribution in [0.5, 0.6) is 0 Å². The Morgan fingerprint density at radius 1 is 0.792 bits per heavy atom. The van der Waals surface area contributed by atoms with Crippen LogP contribution in [-0.4, -0.2) is 113 Å². The molecule has 0 aliphatic heterocycles. The summed E-state index contributed by atoms with van der Waals surface area (Å²) in [6.07, 6.45) is -9.84. The number of hydrogen-bond donors (Lipinski definition) is 11. The van der Waals surface area contributed by atoms with E-state index in [2.05, 4.69) is 4.52 Å². The van der Waals surface area contributed by atoms with Gasteiger partial charge in [0.2, 0.25) is 0 Å². The summed E-state index contributed by atoms with van der Waals surface area (Å²) in [6, 6.07) is 0. The molecule has 0 spiro atoms. The highest BCUT2D eigenvalue weighted by molar-refractivity contribution is 7.46. The third-order valence-corrected chi connectivity index (χ3v) is 3.71. The lowest BCUT2D eigenvalue weighted by atomic mass is 9.85. The second-order valence-electron chi connectivity index (χ2n) is 5.39. The Kier molecular flexibility index (Phi) is 9.35. The predicted octanol–water partition coefficient (Wildman–Crippen LogP) is -6.06. The van der Waals surface area contributed by atoms with E-state index in [0.717, 1.165) is 0 Å². The van der Waals surface area contributed by atoms with Crippen LogP contribution in [0.1, 0.15) is 0 Å². The van der Waals surface area contributed by atoms with Crippen LogP contribution in [0.3, 0.4) is 0 Å². The van der Waals surface area contributed by atoms with E-state index in [0.29, 0.717) is 0 Å². The Morgan fingerprint density at radius 3 is 1.21 bits per heavy atom. The Labute approximate surface area is 136 Å². The number of phosphoric ester groups is 1. The zero-order valence-electron chi connectivity index (χ0n) is 12.4. The average Bonchev–Trinajstić information content (AvgIpc) is 2.54. The Balaban J connectivity index is 0.000000441. The fourth-order valence-corrected chi connectivity index (χ4v) is 1.99. The number of nitrogens with two attached hydrogens (primary N) is 1. The monoisotopic (exact) mass is 381 g/mol. The fourth-order valence-electron chi connectivity index (χ4n) is 1.57. The molecule has 0 aromatic carbocycles. The molecule has 146 valence electrons. The van der Waals surface area contributed by atoms with Gasteiger partial charge in [-0.1, -0.05) is 0 Å². The van der Waals surface area contributed by atoms with Crippen LogP contribution in [0.25, 0.3) is 0 Å². The summed E-state index contributed by atoms with van der Waals surface area (Å²) in [5.74, 6) is 0. The van der Waals surface area contributed by atoms with E-state index < -0.39 is 69.8 Å². The SMILES string of the molecule is NC(CO)(CO)COP(=O)(O)O.O[C@H]1[C@H](O)[C@@H](O)[C@H](O)[C@@H](O)[C@H]1O. The molecule has 1 saturated carbocycles. The zero-order valence-corrected chi connectivity index (χ0v) is 13.3. The molecule has 1 aliphatic carbocycles. The third-order valence-electron chi connectivity index (χ3n) is 3.25. The molecule has 1 aliphatic rings. The van der Waals surface area contributed by atoms with Crippen LogP contribution in [0.2, 0.25) is 0 Å². The molecule has 0 aromatic rings. The molecule has 24 heavy (non-hydrogen) atoms. The first-order valence-corrected chi connectivity index (χ1v) is 8.12. The van der Waals surface area contributed by atoms with Gasteiger partial charge in [0, 0.05) is 0 Å². The maximum absolute atomic E-state index is 10.2. The van der Waals surface area contributed by atoms with Crippen molar-refractivity contribution in [2.45, 2.75) is 42.2 Å².